The SMILES string of the molecule is Cc1ccc(/C=C2\CNC/C(=C\C3=CC#CC(C)C=C3)C2)cc1. The Balaban J connectivity index is 1.75. The molecule has 0 radical (unpaired) electrons. The molecule has 0 bridgehead atoms. The number of aryl methyl sites for hydroxylation is 1. The van der Waals surface area contributed by atoms with Crippen LogP contribution in [0.3, 0.4) is 0 Å². The van der Waals surface area contributed by atoms with Crippen molar-refractivity contribution in [3.8, 4) is 11.8 Å². The zero-order valence-electron chi connectivity index (χ0n) is 13.9. The van der Waals surface area contributed by atoms with Crippen LogP contribution in [-0.4, -0.2) is 13.1 Å². The Kier molecular flexibility index (Phi) is 4.95. The zero-order chi connectivity index (χ0) is 16.1. The summed E-state index contributed by atoms with van der Waals surface area (Å²) in [6.07, 6.45) is 12.0. The third-order valence-corrected chi connectivity index (χ3v) is 4.10. The van der Waals surface area contributed by atoms with E-state index < -0.39 is 0 Å². The van der Waals surface area contributed by atoms with Gasteiger partial charge in [-0.3, -0.25) is 0 Å². The number of nitrogens with one attached hydrogen (secondary N) is 1. The van der Waals surface area contributed by atoms with Crippen LogP contribution >= 0.6 is 0 Å². The fourth-order valence-electron chi connectivity index (χ4n) is 2.84. The Bertz CT molecular complexity index is 745. The number of benzene rings is 1. The smallest absolute Gasteiger partial charge is 0.0361 e. The lowest BCUT2D eigenvalue weighted by molar-refractivity contribution is 0.715. The average molecular weight is 301 g/mol. The van der Waals surface area contributed by atoms with Gasteiger partial charge in [0.05, 0.1) is 0 Å². The largest absolute Gasteiger partial charge is 0.309 e. The number of allylic oxidation sites excluding steroid dienone is 5. The van der Waals surface area contributed by atoms with Crippen molar-refractivity contribution >= 4 is 6.08 Å². The fourth-order valence-corrected chi connectivity index (χ4v) is 2.84. The Labute approximate surface area is 139 Å². The topological polar surface area (TPSA) is 12.0 Å². The van der Waals surface area contributed by atoms with Crippen LogP contribution in [0.25, 0.3) is 6.08 Å². The standard InChI is InChI=1S/C22H23N/c1-17-4-3-5-19(9-6-17)12-21-14-22(16-23-15-21)13-20-10-7-18(2)8-11-20/h5-13,17,23H,14-16H2,1-2H3/b21-12-,22-13-. The second kappa shape index (κ2) is 7.31. The van der Waals surface area contributed by atoms with Crippen LogP contribution in [0.5, 0.6) is 0 Å². The molecule has 0 aromatic heterocycles. The highest BCUT2D eigenvalue weighted by atomic mass is 14.9. The number of hydrogen-bond acceptors (Lipinski definition) is 1. The summed E-state index contributed by atoms with van der Waals surface area (Å²) >= 11 is 0. The van der Waals surface area contributed by atoms with Gasteiger partial charge in [-0.1, -0.05) is 77.1 Å². The number of piperidine rings is 1. The van der Waals surface area contributed by atoms with Crippen molar-refractivity contribution in [1.29, 1.82) is 0 Å². The van der Waals surface area contributed by atoms with Gasteiger partial charge in [0.25, 0.3) is 0 Å². The monoisotopic (exact) mass is 301 g/mol. The van der Waals surface area contributed by atoms with Crippen molar-refractivity contribution in [3.05, 3.63) is 76.4 Å². The summed E-state index contributed by atoms with van der Waals surface area (Å²) in [5.41, 5.74) is 6.64. The highest BCUT2D eigenvalue weighted by Crippen LogP contribution is 2.20. The molecular weight excluding hydrogens is 278 g/mol. The van der Waals surface area contributed by atoms with Crippen molar-refractivity contribution in [1.82, 2.24) is 5.32 Å². The van der Waals surface area contributed by atoms with Crippen LogP contribution in [0, 0.1) is 24.7 Å². The van der Waals surface area contributed by atoms with Crippen LogP contribution in [0.2, 0.25) is 0 Å². The molecule has 3 rings (SSSR count). The van der Waals surface area contributed by atoms with E-state index in [1.807, 2.05) is 6.08 Å². The molecule has 1 aromatic rings. The first-order valence-corrected chi connectivity index (χ1v) is 8.25. The minimum Gasteiger partial charge on any atom is -0.309 e. The fraction of sp³-hybridized carbons (Fsp3) is 0.273. The van der Waals surface area contributed by atoms with Crippen molar-refractivity contribution in [2.75, 3.05) is 13.1 Å². The van der Waals surface area contributed by atoms with Crippen LogP contribution in [0.15, 0.2) is 65.3 Å². The molecule has 1 saturated heterocycles. The van der Waals surface area contributed by atoms with Gasteiger partial charge in [0, 0.05) is 19.0 Å². The molecule has 1 unspecified atom stereocenters. The zero-order valence-corrected chi connectivity index (χ0v) is 13.9. The van der Waals surface area contributed by atoms with E-state index in [1.54, 1.807) is 0 Å². The van der Waals surface area contributed by atoms with Gasteiger partial charge in [0.2, 0.25) is 0 Å². The van der Waals surface area contributed by atoms with Gasteiger partial charge in [0.15, 0.2) is 0 Å². The van der Waals surface area contributed by atoms with Crippen LogP contribution < -0.4 is 5.32 Å². The van der Waals surface area contributed by atoms with Gasteiger partial charge in [-0.2, -0.15) is 0 Å². The van der Waals surface area contributed by atoms with Crippen molar-refractivity contribution in [3.63, 3.8) is 0 Å². The van der Waals surface area contributed by atoms with Crippen molar-refractivity contribution < 1.29 is 0 Å². The minimum absolute atomic E-state index is 0.337. The first-order chi connectivity index (χ1) is 11.2. The Morgan fingerprint density at radius 1 is 1.09 bits per heavy atom. The van der Waals surface area contributed by atoms with E-state index >= 15 is 0 Å². The molecule has 1 heterocycles. The quantitative estimate of drug-likeness (QED) is 0.797. The lowest BCUT2D eigenvalue weighted by Crippen LogP contribution is -2.26. The van der Waals surface area contributed by atoms with Crippen LogP contribution in [0.4, 0.5) is 0 Å². The molecule has 2 aliphatic rings. The summed E-state index contributed by atoms with van der Waals surface area (Å²) in [5, 5.41) is 3.51. The van der Waals surface area contributed by atoms with Gasteiger partial charge >= 0.3 is 0 Å². The Morgan fingerprint density at radius 2 is 1.83 bits per heavy atom. The molecule has 0 amide bonds. The highest BCUT2D eigenvalue weighted by Gasteiger charge is 2.10. The normalized spacial score (nSPS) is 24.1. The lowest BCUT2D eigenvalue weighted by atomic mass is 9.96. The predicted octanol–water partition coefficient (Wildman–Crippen LogP) is 4.43. The molecule has 1 N–H and O–H groups in total. The van der Waals surface area contributed by atoms with Crippen molar-refractivity contribution in [2.24, 2.45) is 5.92 Å². The molecule has 1 aliphatic heterocycles. The first-order valence-electron chi connectivity index (χ1n) is 8.25. The summed E-state index contributed by atoms with van der Waals surface area (Å²) in [7, 11) is 0. The van der Waals surface area contributed by atoms with Gasteiger partial charge < -0.3 is 5.32 Å². The first kappa shape index (κ1) is 15.6. The maximum atomic E-state index is 3.51. The van der Waals surface area contributed by atoms with E-state index in [9.17, 15) is 0 Å². The van der Waals surface area contributed by atoms with E-state index in [0.717, 1.165) is 19.5 Å². The molecule has 116 valence electrons. The highest BCUT2D eigenvalue weighted by molar-refractivity contribution is 5.55. The molecular formula is C22H23N. The lowest BCUT2D eigenvalue weighted by Gasteiger charge is -2.19. The van der Waals surface area contributed by atoms with Gasteiger partial charge in [0.1, 0.15) is 0 Å². The molecule has 0 spiro atoms. The molecule has 23 heavy (non-hydrogen) atoms. The van der Waals surface area contributed by atoms with E-state index in [0.29, 0.717) is 5.92 Å². The molecule has 1 aliphatic carbocycles. The van der Waals surface area contributed by atoms with Crippen LogP contribution in [0.1, 0.15) is 24.5 Å². The summed E-state index contributed by atoms with van der Waals surface area (Å²) in [6, 6.07) is 8.71. The molecule has 1 atom stereocenters. The average Bonchev–Trinajstić information content (AvgIpc) is 2.75. The molecule has 1 heteroatoms. The summed E-state index contributed by atoms with van der Waals surface area (Å²) in [4.78, 5) is 0. The summed E-state index contributed by atoms with van der Waals surface area (Å²) in [6.45, 7) is 6.17. The summed E-state index contributed by atoms with van der Waals surface area (Å²) in [5.74, 6) is 6.66. The van der Waals surface area contributed by atoms with E-state index in [4.69, 9.17) is 0 Å². The summed E-state index contributed by atoms with van der Waals surface area (Å²) < 4.78 is 0. The van der Waals surface area contributed by atoms with E-state index in [2.05, 4.69) is 79.6 Å². The van der Waals surface area contributed by atoms with Gasteiger partial charge in [-0.25, -0.2) is 0 Å². The molecule has 0 saturated carbocycles. The third kappa shape index (κ3) is 4.58. The predicted molar refractivity (Wildman–Crippen MR) is 98.9 cm³/mol. The number of rotatable bonds is 2. The third-order valence-electron chi connectivity index (χ3n) is 4.10. The Hall–Kier alpha value is -2.30. The maximum absolute atomic E-state index is 3.51. The molecule has 1 fully saturated rings. The Morgan fingerprint density at radius 3 is 2.61 bits per heavy atom. The second-order valence-corrected chi connectivity index (χ2v) is 6.38. The van der Waals surface area contributed by atoms with Crippen LogP contribution in [-0.2, 0) is 0 Å². The second-order valence-electron chi connectivity index (χ2n) is 6.38. The molecule has 1 aromatic carbocycles. The number of hydrogen-bond donors (Lipinski definition) is 1. The molecule has 1 nitrogen and oxygen atoms in total. The maximum Gasteiger partial charge on any atom is 0.0361 e. The van der Waals surface area contributed by atoms with E-state index in [-0.39, 0.29) is 0 Å². The van der Waals surface area contributed by atoms with Gasteiger partial charge in [-0.05, 0) is 37.5 Å². The van der Waals surface area contributed by atoms with E-state index in [1.165, 1.54) is 27.8 Å². The van der Waals surface area contributed by atoms with Gasteiger partial charge in [-0.15, -0.1) is 0 Å². The van der Waals surface area contributed by atoms with Crippen molar-refractivity contribution in [2.45, 2.75) is 20.3 Å². The minimum atomic E-state index is 0.337.